The molecule has 1 aromatic heterocycles. The third kappa shape index (κ3) is 1.07. The number of nitrogens with two attached hydrogens (primary N) is 1. The third-order valence-electron chi connectivity index (χ3n) is 2.16. The molecule has 0 saturated carbocycles. The van der Waals surface area contributed by atoms with E-state index in [4.69, 9.17) is 17.4 Å². The minimum atomic E-state index is 0.591. The van der Waals surface area contributed by atoms with Crippen LogP contribution in [0, 0.1) is 0 Å². The van der Waals surface area contributed by atoms with Crippen LogP contribution in [0.15, 0.2) is 0 Å². The van der Waals surface area contributed by atoms with Gasteiger partial charge in [0.2, 0.25) is 0 Å². The van der Waals surface area contributed by atoms with Crippen molar-refractivity contribution in [1.29, 1.82) is 0 Å². The predicted molar refractivity (Wildman–Crippen MR) is 48.0 cm³/mol. The SMILES string of the molecule is NNc1nn2c(c1Cl)CCCC2. The summed E-state index contributed by atoms with van der Waals surface area (Å²) in [6.07, 6.45) is 3.37. The molecule has 0 amide bonds. The first-order valence-electron chi connectivity index (χ1n) is 4.04. The Kier molecular flexibility index (Phi) is 1.94. The zero-order chi connectivity index (χ0) is 8.55. The molecule has 1 aromatic rings. The fraction of sp³-hybridized carbons (Fsp3) is 0.571. The number of hydrogen-bond acceptors (Lipinski definition) is 3. The Morgan fingerprint density at radius 1 is 1.50 bits per heavy atom. The molecule has 5 heteroatoms. The summed E-state index contributed by atoms with van der Waals surface area (Å²) in [5, 5.41) is 4.90. The van der Waals surface area contributed by atoms with Crippen molar-refractivity contribution >= 4 is 17.4 Å². The van der Waals surface area contributed by atoms with Crippen LogP contribution in [0.2, 0.25) is 5.02 Å². The van der Waals surface area contributed by atoms with Crippen molar-refractivity contribution in [2.24, 2.45) is 5.84 Å². The van der Waals surface area contributed by atoms with Gasteiger partial charge in [0.25, 0.3) is 0 Å². The van der Waals surface area contributed by atoms with Crippen molar-refractivity contribution in [1.82, 2.24) is 9.78 Å². The van der Waals surface area contributed by atoms with Crippen molar-refractivity contribution in [2.45, 2.75) is 25.8 Å². The Morgan fingerprint density at radius 3 is 3.00 bits per heavy atom. The van der Waals surface area contributed by atoms with Crippen molar-refractivity contribution in [2.75, 3.05) is 5.43 Å². The van der Waals surface area contributed by atoms with Crippen LogP contribution in [0.4, 0.5) is 5.82 Å². The van der Waals surface area contributed by atoms with E-state index in [2.05, 4.69) is 10.5 Å². The van der Waals surface area contributed by atoms with Crippen LogP contribution in [0.1, 0.15) is 18.5 Å². The van der Waals surface area contributed by atoms with Crippen LogP contribution < -0.4 is 11.3 Å². The first-order chi connectivity index (χ1) is 5.83. The Morgan fingerprint density at radius 2 is 2.33 bits per heavy atom. The van der Waals surface area contributed by atoms with Crippen LogP contribution in [-0.4, -0.2) is 9.78 Å². The van der Waals surface area contributed by atoms with E-state index in [1.807, 2.05) is 4.68 Å². The molecule has 0 bridgehead atoms. The lowest BCUT2D eigenvalue weighted by molar-refractivity contribution is 0.487. The van der Waals surface area contributed by atoms with Crippen molar-refractivity contribution in [3.63, 3.8) is 0 Å². The highest BCUT2D eigenvalue weighted by Crippen LogP contribution is 2.28. The average Bonchev–Trinajstić information content (AvgIpc) is 2.44. The second-order valence-corrected chi connectivity index (χ2v) is 3.31. The van der Waals surface area contributed by atoms with Gasteiger partial charge >= 0.3 is 0 Å². The number of aromatic nitrogens is 2. The highest BCUT2D eigenvalue weighted by Gasteiger charge is 2.17. The first-order valence-corrected chi connectivity index (χ1v) is 4.42. The summed E-state index contributed by atoms with van der Waals surface area (Å²) >= 11 is 6.02. The number of nitrogens with one attached hydrogen (secondary N) is 1. The molecule has 0 saturated heterocycles. The lowest BCUT2D eigenvalue weighted by Crippen LogP contribution is -2.11. The molecule has 3 N–H and O–H groups in total. The number of hydrazine groups is 1. The largest absolute Gasteiger partial charge is 0.306 e. The first kappa shape index (κ1) is 7.89. The minimum Gasteiger partial charge on any atom is -0.306 e. The normalized spacial score (nSPS) is 15.8. The zero-order valence-electron chi connectivity index (χ0n) is 6.68. The maximum atomic E-state index is 6.02. The Balaban J connectivity index is 2.44. The maximum Gasteiger partial charge on any atom is 0.181 e. The second-order valence-electron chi connectivity index (χ2n) is 2.93. The fourth-order valence-corrected chi connectivity index (χ4v) is 1.83. The highest BCUT2D eigenvalue weighted by atomic mass is 35.5. The number of anilines is 1. The molecule has 0 spiro atoms. The number of aryl methyl sites for hydroxylation is 1. The van der Waals surface area contributed by atoms with E-state index < -0.39 is 0 Å². The molecule has 0 aromatic carbocycles. The van der Waals surface area contributed by atoms with Gasteiger partial charge in [0.05, 0.1) is 5.69 Å². The van der Waals surface area contributed by atoms with Gasteiger partial charge in [-0.25, -0.2) is 5.84 Å². The predicted octanol–water partition coefficient (Wildman–Crippen LogP) is 1.16. The quantitative estimate of drug-likeness (QED) is 0.511. The molecule has 0 fully saturated rings. The molecule has 2 heterocycles. The van der Waals surface area contributed by atoms with Gasteiger partial charge in [0.15, 0.2) is 5.82 Å². The van der Waals surface area contributed by atoms with Gasteiger partial charge < -0.3 is 5.43 Å². The van der Waals surface area contributed by atoms with E-state index in [1.54, 1.807) is 0 Å². The third-order valence-corrected chi connectivity index (χ3v) is 2.56. The lowest BCUT2D eigenvalue weighted by Gasteiger charge is -2.12. The summed E-state index contributed by atoms with van der Waals surface area (Å²) in [6.45, 7) is 0.955. The summed E-state index contributed by atoms with van der Waals surface area (Å²) in [7, 11) is 0. The summed E-state index contributed by atoms with van der Waals surface area (Å²) in [5.41, 5.74) is 3.60. The zero-order valence-corrected chi connectivity index (χ0v) is 7.43. The topological polar surface area (TPSA) is 55.9 Å². The lowest BCUT2D eigenvalue weighted by atomic mass is 10.1. The summed E-state index contributed by atoms with van der Waals surface area (Å²) in [6, 6.07) is 0. The van der Waals surface area contributed by atoms with Crippen LogP contribution in [0.25, 0.3) is 0 Å². The molecule has 1 aliphatic heterocycles. The minimum absolute atomic E-state index is 0.591. The van der Waals surface area contributed by atoms with Crippen molar-refractivity contribution in [3.05, 3.63) is 10.7 Å². The summed E-state index contributed by atoms with van der Waals surface area (Å²) in [4.78, 5) is 0. The molecule has 0 atom stereocenters. The van der Waals surface area contributed by atoms with Gasteiger partial charge in [0, 0.05) is 6.54 Å². The molecule has 4 nitrogen and oxygen atoms in total. The molecular formula is C7H11ClN4. The van der Waals surface area contributed by atoms with E-state index >= 15 is 0 Å². The van der Waals surface area contributed by atoms with Crippen LogP contribution >= 0.6 is 11.6 Å². The van der Waals surface area contributed by atoms with Crippen molar-refractivity contribution < 1.29 is 0 Å². The van der Waals surface area contributed by atoms with Crippen molar-refractivity contribution in [3.8, 4) is 0 Å². The number of nitrogen functional groups attached to an aromatic ring is 1. The molecule has 1 aliphatic rings. The molecule has 0 unspecified atom stereocenters. The van der Waals surface area contributed by atoms with Gasteiger partial charge in [-0.05, 0) is 19.3 Å². The van der Waals surface area contributed by atoms with Crippen LogP contribution in [0.5, 0.6) is 0 Å². The van der Waals surface area contributed by atoms with Gasteiger partial charge in [-0.3, -0.25) is 4.68 Å². The maximum absolute atomic E-state index is 6.02. The van der Waals surface area contributed by atoms with Gasteiger partial charge in [0.1, 0.15) is 5.02 Å². The molecule has 0 radical (unpaired) electrons. The molecular weight excluding hydrogens is 176 g/mol. The Bertz CT molecular complexity index is 294. The standard InChI is InChI=1S/C7H11ClN4/c8-6-5-3-1-2-4-12(5)11-7(6)10-9/h1-4,9H2,(H,10,11). The average molecular weight is 187 g/mol. The number of halogens is 1. The van der Waals surface area contributed by atoms with E-state index in [1.165, 1.54) is 12.8 Å². The summed E-state index contributed by atoms with van der Waals surface area (Å²) < 4.78 is 1.93. The van der Waals surface area contributed by atoms with Crippen LogP contribution in [0.3, 0.4) is 0 Å². The molecule has 2 rings (SSSR count). The number of nitrogens with zero attached hydrogens (tertiary/aromatic N) is 2. The van der Waals surface area contributed by atoms with E-state index in [0.717, 1.165) is 18.7 Å². The van der Waals surface area contributed by atoms with E-state index in [9.17, 15) is 0 Å². The molecule has 66 valence electrons. The molecule has 12 heavy (non-hydrogen) atoms. The number of fused-ring (bicyclic) bond motifs is 1. The fourth-order valence-electron chi connectivity index (χ4n) is 1.54. The van der Waals surface area contributed by atoms with Gasteiger partial charge in [-0.1, -0.05) is 11.6 Å². The van der Waals surface area contributed by atoms with E-state index in [0.29, 0.717) is 10.8 Å². The molecule has 0 aliphatic carbocycles. The van der Waals surface area contributed by atoms with E-state index in [-0.39, 0.29) is 0 Å². The number of rotatable bonds is 1. The number of hydrogen-bond donors (Lipinski definition) is 2. The Hall–Kier alpha value is -0.740. The van der Waals surface area contributed by atoms with Gasteiger partial charge in [-0.2, -0.15) is 5.10 Å². The summed E-state index contributed by atoms with van der Waals surface area (Å²) in [5.74, 6) is 5.84. The van der Waals surface area contributed by atoms with Crippen LogP contribution in [-0.2, 0) is 13.0 Å². The Labute approximate surface area is 75.7 Å². The highest BCUT2D eigenvalue weighted by molar-refractivity contribution is 6.33. The second kappa shape index (κ2) is 2.95. The van der Waals surface area contributed by atoms with Gasteiger partial charge in [-0.15, -0.1) is 0 Å². The smallest absolute Gasteiger partial charge is 0.181 e. The monoisotopic (exact) mass is 186 g/mol.